The van der Waals surface area contributed by atoms with Gasteiger partial charge in [-0.25, -0.2) is 4.79 Å². The van der Waals surface area contributed by atoms with Crippen molar-refractivity contribution in [3.63, 3.8) is 0 Å². The largest absolute Gasteiger partial charge is 0.497 e. The van der Waals surface area contributed by atoms with Crippen molar-refractivity contribution in [2.75, 3.05) is 25.5 Å². The van der Waals surface area contributed by atoms with Crippen LogP contribution in [0.1, 0.15) is 10.4 Å². The van der Waals surface area contributed by atoms with Gasteiger partial charge >= 0.3 is 6.03 Å². The molecule has 2 aromatic carbocycles. The quantitative estimate of drug-likeness (QED) is 0.479. The number of carbonyl (C=O) groups is 2. The van der Waals surface area contributed by atoms with Crippen LogP contribution in [0.5, 0.6) is 5.75 Å². The maximum absolute atomic E-state index is 11.9. The molecule has 0 heterocycles. The minimum atomic E-state index is -0.308. The first-order valence-electron chi connectivity index (χ1n) is 7.32. The van der Waals surface area contributed by atoms with E-state index in [1.807, 2.05) is 24.3 Å². The number of nitrogens with one attached hydrogen (secondary N) is 3. The van der Waals surface area contributed by atoms with Crippen molar-refractivity contribution in [1.29, 1.82) is 0 Å². The van der Waals surface area contributed by atoms with Gasteiger partial charge in [-0.3, -0.25) is 4.79 Å². The molecule has 0 aromatic heterocycles. The molecule has 0 aliphatic rings. The summed E-state index contributed by atoms with van der Waals surface area (Å²) in [4.78, 5) is 23.7. The molecule has 3 N–H and O–H groups in total. The Morgan fingerprint density at radius 3 is 2.33 bits per heavy atom. The van der Waals surface area contributed by atoms with Crippen molar-refractivity contribution in [2.24, 2.45) is 0 Å². The maximum atomic E-state index is 11.9. The lowest BCUT2D eigenvalue weighted by molar-refractivity contribution is 0.0954. The van der Waals surface area contributed by atoms with Crippen molar-refractivity contribution >= 4 is 40.2 Å². The van der Waals surface area contributed by atoms with Gasteiger partial charge in [-0.05, 0) is 59.0 Å². The summed E-state index contributed by atoms with van der Waals surface area (Å²) in [7, 11) is 1.57. The number of anilines is 1. The molecular formula is C17H18IN3O3. The van der Waals surface area contributed by atoms with Gasteiger partial charge in [0.1, 0.15) is 5.75 Å². The molecule has 0 atom stereocenters. The summed E-state index contributed by atoms with van der Waals surface area (Å²) >= 11 is 2.15. The van der Waals surface area contributed by atoms with Crippen LogP contribution < -0.4 is 20.7 Å². The fourth-order valence-electron chi connectivity index (χ4n) is 1.93. The third-order valence-electron chi connectivity index (χ3n) is 3.17. The fraction of sp³-hybridized carbons (Fsp3) is 0.176. The van der Waals surface area contributed by atoms with Gasteiger partial charge in [0.25, 0.3) is 5.91 Å². The van der Waals surface area contributed by atoms with Crippen molar-refractivity contribution in [3.05, 3.63) is 57.7 Å². The molecule has 0 saturated heterocycles. The molecule has 3 amide bonds. The highest BCUT2D eigenvalue weighted by Crippen LogP contribution is 2.16. The van der Waals surface area contributed by atoms with Crippen molar-refractivity contribution in [2.45, 2.75) is 0 Å². The molecule has 7 heteroatoms. The molecule has 0 spiro atoms. The minimum absolute atomic E-state index is 0.197. The third-order valence-corrected chi connectivity index (χ3v) is 4.11. The number of urea groups is 1. The average Bonchev–Trinajstić information content (AvgIpc) is 2.60. The lowest BCUT2D eigenvalue weighted by Crippen LogP contribution is -2.36. The molecule has 0 aliphatic carbocycles. The van der Waals surface area contributed by atoms with Crippen LogP contribution in [0.3, 0.4) is 0 Å². The third kappa shape index (κ3) is 5.41. The smallest absolute Gasteiger partial charge is 0.319 e. The van der Waals surface area contributed by atoms with Crippen LogP contribution in [0.25, 0.3) is 0 Å². The predicted octanol–water partition coefficient (Wildman–Crippen LogP) is 2.85. The predicted molar refractivity (Wildman–Crippen MR) is 102 cm³/mol. The summed E-state index contributed by atoms with van der Waals surface area (Å²) in [6.45, 7) is 0.668. The number of ether oxygens (including phenoxy) is 1. The molecule has 0 saturated carbocycles. The molecule has 0 unspecified atom stereocenters. The summed E-state index contributed by atoms with van der Waals surface area (Å²) < 4.78 is 6.00. The number of hydrogen-bond donors (Lipinski definition) is 3. The second-order valence-electron chi connectivity index (χ2n) is 4.85. The highest BCUT2D eigenvalue weighted by Gasteiger charge is 2.06. The van der Waals surface area contributed by atoms with Crippen LogP contribution in [0.4, 0.5) is 10.5 Å². The number of amides is 3. The summed E-state index contributed by atoms with van der Waals surface area (Å²) in [6.07, 6.45) is 0. The van der Waals surface area contributed by atoms with E-state index in [0.29, 0.717) is 24.4 Å². The molecule has 6 nitrogen and oxygen atoms in total. The zero-order chi connectivity index (χ0) is 17.4. The number of methoxy groups -OCH3 is 1. The first-order chi connectivity index (χ1) is 11.6. The molecule has 126 valence electrons. The second kappa shape index (κ2) is 9.11. The van der Waals surface area contributed by atoms with E-state index in [1.165, 1.54) is 0 Å². The highest BCUT2D eigenvalue weighted by molar-refractivity contribution is 14.1. The Balaban J connectivity index is 1.71. The lowest BCUT2D eigenvalue weighted by Gasteiger charge is -2.10. The van der Waals surface area contributed by atoms with Gasteiger partial charge in [0, 0.05) is 22.2 Å². The van der Waals surface area contributed by atoms with Crippen LogP contribution in [0.15, 0.2) is 48.5 Å². The first-order valence-corrected chi connectivity index (χ1v) is 8.39. The number of rotatable bonds is 6. The number of halogens is 1. The molecule has 2 rings (SSSR count). The van der Waals surface area contributed by atoms with Gasteiger partial charge < -0.3 is 20.7 Å². The van der Waals surface area contributed by atoms with Crippen LogP contribution in [-0.2, 0) is 0 Å². The van der Waals surface area contributed by atoms with E-state index in [2.05, 4.69) is 38.5 Å². The van der Waals surface area contributed by atoms with E-state index in [-0.39, 0.29) is 11.9 Å². The Bertz CT molecular complexity index is 704. The molecule has 2 aromatic rings. The van der Waals surface area contributed by atoms with E-state index in [9.17, 15) is 9.59 Å². The van der Waals surface area contributed by atoms with E-state index in [0.717, 1.165) is 9.26 Å². The average molecular weight is 439 g/mol. The van der Waals surface area contributed by atoms with E-state index < -0.39 is 0 Å². The fourth-order valence-corrected chi connectivity index (χ4v) is 2.45. The topological polar surface area (TPSA) is 79.5 Å². The van der Waals surface area contributed by atoms with Crippen molar-refractivity contribution < 1.29 is 14.3 Å². The number of hydrogen-bond acceptors (Lipinski definition) is 3. The SMILES string of the molecule is COc1ccc(C(=O)NCCNC(=O)Nc2ccccc2I)cc1. The Labute approximate surface area is 154 Å². The van der Waals surface area contributed by atoms with Crippen LogP contribution in [0, 0.1) is 3.57 Å². The monoisotopic (exact) mass is 439 g/mol. The molecule has 24 heavy (non-hydrogen) atoms. The number of para-hydroxylation sites is 1. The van der Waals surface area contributed by atoms with Crippen molar-refractivity contribution in [1.82, 2.24) is 10.6 Å². The summed E-state index contributed by atoms with van der Waals surface area (Å²) in [6, 6.07) is 14.0. The molecule has 0 aliphatic heterocycles. The van der Waals surface area contributed by atoms with E-state index in [1.54, 1.807) is 31.4 Å². The second-order valence-corrected chi connectivity index (χ2v) is 6.01. The van der Waals surface area contributed by atoms with Gasteiger partial charge in [-0.1, -0.05) is 12.1 Å². The molecule has 0 bridgehead atoms. The normalized spacial score (nSPS) is 9.92. The van der Waals surface area contributed by atoms with E-state index in [4.69, 9.17) is 4.74 Å². The Hall–Kier alpha value is -2.29. The Morgan fingerprint density at radius 2 is 1.67 bits per heavy atom. The minimum Gasteiger partial charge on any atom is -0.497 e. The summed E-state index contributed by atoms with van der Waals surface area (Å²) in [5, 5.41) is 8.20. The molecule has 0 radical (unpaired) electrons. The van der Waals surface area contributed by atoms with Crippen LogP contribution >= 0.6 is 22.6 Å². The Kier molecular flexibility index (Phi) is 6.86. The maximum Gasteiger partial charge on any atom is 0.319 e. The van der Waals surface area contributed by atoms with Crippen molar-refractivity contribution in [3.8, 4) is 5.75 Å². The van der Waals surface area contributed by atoms with Gasteiger partial charge in [0.15, 0.2) is 0 Å². The van der Waals surface area contributed by atoms with Gasteiger partial charge in [-0.15, -0.1) is 0 Å². The highest BCUT2D eigenvalue weighted by atomic mass is 127. The van der Waals surface area contributed by atoms with Crippen LogP contribution in [0.2, 0.25) is 0 Å². The lowest BCUT2D eigenvalue weighted by atomic mass is 10.2. The standard InChI is InChI=1S/C17H18IN3O3/c1-24-13-8-6-12(7-9-13)16(22)19-10-11-20-17(23)21-15-5-3-2-4-14(15)18/h2-9H,10-11H2,1H3,(H,19,22)(H2,20,21,23). The molecular weight excluding hydrogens is 421 g/mol. The number of benzene rings is 2. The first kappa shape index (κ1) is 18.1. The van der Waals surface area contributed by atoms with Gasteiger partial charge in [0.2, 0.25) is 0 Å². The Morgan fingerprint density at radius 1 is 1.00 bits per heavy atom. The summed E-state index contributed by atoms with van der Waals surface area (Å²) in [5.41, 5.74) is 1.29. The molecule has 0 fully saturated rings. The van der Waals surface area contributed by atoms with Gasteiger partial charge in [-0.2, -0.15) is 0 Å². The number of carbonyl (C=O) groups excluding carboxylic acids is 2. The van der Waals surface area contributed by atoms with E-state index >= 15 is 0 Å². The van der Waals surface area contributed by atoms with Crippen LogP contribution in [-0.4, -0.2) is 32.1 Å². The van der Waals surface area contributed by atoms with Gasteiger partial charge in [0.05, 0.1) is 12.8 Å². The zero-order valence-corrected chi connectivity index (χ0v) is 15.3. The zero-order valence-electron chi connectivity index (χ0n) is 13.1. The summed E-state index contributed by atoms with van der Waals surface area (Å²) in [5.74, 6) is 0.498.